The number of carbonyl (C=O) groups excluding carboxylic acids is 1. The van der Waals surface area contributed by atoms with Gasteiger partial charge in [-0.15, -0.1) is 0 Å². The lowest BCUT2D eigenvalue weighted by molar-refractivity contribution is -0.152. The Kier molecular flexibility index (Phi) is 4.60. The predicted octanol–water partition coefficient (Wildman–Crippen LogP) is 3.14. The molecule has 1 amide bonds. The molecule has 4 nitrogen and oxygen atoms in total. The zero-order valence-electron chi connectivity index (χ0n) is 13.0. The van der Waals surface area contributed by atoms with Gasteiger partial charge in [0.2, 0.25) is 5.91 Å². The molecule has 3 unspecified atom stereocenters. The van der Waals surface area contributed by atoms with Gasteiger partial charge in [0.25, 0.3) is 0 Å². The zero-order chi connectivity index (χ0) is 17.1. The number of aliphatic carboxylic acids is 1. The van der Waals surface area contributed by atoms with Crippen LogP contribution in [0.2, 0.25) is 0 Å². The van der Waals surface area contributed by atoms with Crippen LogP contribution in [0.1, 0.15) is 30.0 Å². The van der Waals surface area contributed by atoms with E-state index in [1.165, 1.54) is 12.1 Å². The van der Waals surface area contributed by atoms with E-state index in [1.54, 1.807) is 12.1 Å². The maximum atomic E-state index is 13.6. The Morgan fingerprint density at radius 2 is 1.67 bits per heavy atom. The molecular weight excluding hydrogens is 309 g/mol. The van der Waals surface area contributed by atoms with Gasteiger partial charge in [0.05, 0.1) is 17.9 Å². The fraction of sp³-hybridized carbons (Fsp3) is 0.263. The average molecular weight is 327 g/mol. The van der Waals surface area contributed by atoms with Crippen molar-refractivity contribution >= 4 is 11.9 Å². The molecule has 3 atom stereocenters. The number of nitrogens with one attached hydrogen (secondary N) is 1. The highest BCUT2D eigenvalue weighted by molar-refractivity contribution is 5.86. The van der Waals surface area contributed by atoms with E-state index in [9.17, 15) is 14.0 Å². The maximum Gasteiger partial charge on any atom is 0.307 e. The summed E-state index contributed by atoms with van der Waals surface area (Å²) in [5, 5.41) is 12.0. The van der Waals surface area contributed by atoms with E-state index in [1.807, 2.05) is 30.3 Å². The van der Waals surface area contributed by atoms with Crippen LogP contribution in [-0.2, 0) is 9.59 Å². The second-order valence-electron chi connectivity index (χ2n) is 6.04. The Bertz CT molecular complexity index is 747. The molecule has 1 fully saturated rings. The average Bonchev–Trinajstić information content (AvgIpc) is 2.52. The van der Waals surface area contributed by atoms with Crippen molar-refractivity contribution in [3.8, 4) is 0 Å². The fourth-order valence-corrected chi connectivity index (χ4v) is 3.05. The molecule has 0 radical (unpaired) electrons. The number of benzene rings is 2. The molecule has 1 aliphatic rings. The van der Waals surface area contributed by atoms with Gasteiger partial charge in [-0.2, -0.15) is 0 Å². The number of hydrogen-bond acceptors (Lipinski definition) is 2. The number of rotatable bonds is 5. The lowest BCUT2D eigenvalue weighted by Crippen LogP contribution is -2.45. The number of halogens is 1. The van der Waals surface area contributed by atoms with Gasteiger partial charge in [-0.1, -0.05) is 42.5 Å². The maximum absolute atomic E-state index is 13.6. The first-order valence-electron chi connectivity index (χ1n) is 7.90. The van der Waals surface area contributed by atoms with Crippen molar-refractivity contribution in [2.75, 3.05) is 0 Å². The van der Waals surface area contributed by atoms with Gasteiger partial charge < -0.3 is 10.4 Å². The van der Waals surface area contributed by atoms with E-state index < -0.39 is 23.8 Å². The van der Waals surface area contributed by atoms with Gasteiger partial charge in [0.1, 0.15) is 5.82 Å². The molecule has 1 aliphatic carbocycles. The van der Waals surface area contributed by atoms with E-state index in [-0.39, 0.29) is 11.7 Å². The summed E-state index contributed by atoms with van der Waals surface area (Å²) in [5.41, 5.74) is 1.45. The van der Waals surface area contributed by atoms with Crippen molar-refractivity contribution in [2.45, 2.75) is 18.9 Å². The number of carbonyl (C=O) groups is 2. The molecule has 24 heavy (non-hydrogen) atoms. The summed E-state index contributed by atoms with van der Waals surface area (Å²) in [5.74, 6) is -2.78. The fourth-order valence-electron chi connectivity index (χ4n) is 3.05. The van der Waals surface area contributed by atoms with Crippen LogP contribution in [0.25, 0.3) is 0 Å². The van der Waals surface area contributed by atoms with Crippen molar-refractivity contribution in [3.63, 3.8) is 0 Å². The number of carboxylic acids is 1. The molecule has 0 bridgehead atoms. The molecule has 0 spiro atoms. The van der Waals surface area contributed by atoms with Gasteiger partial charge in [-0.05, 0) is 36.1 Å². The highest BCUT2D eigenvalue weighted by Crippen LogP contribution is 2.35. The minimum absolute atomic E-state index is 0.299. The summed E-state index contributed by atoms with van der Waals surface area (Å²) >= 11 is 0. The van der Waals surface area contributed by atoms with Crippen LogP contribution in [0.4, 0.5) is 4.39 Å². The highest BCUT2D eigenvalue weighted by atomic mass is 19.1. The quantitative estimate of drug-likeness (QED) is 0.886. The normalized spacial score (nSPS) is 20.7. The van der Waals surface area contributed by atoms with Crippen LogP contribution < -0.4 is 5.32 Å². The van der Waals surface area contributed by atoms with Crippen molar-refractivity contribution in [1.29, 1.82) is 0 Å². The second-order valence-corrected chi connectivity index (χ2v) is 6.04. The minimum Gasteiger partial charge on any atom is -0.481 e. The SMILES string of the molecule is O=C(O)C1CCC1C(=O)NC(c1ccccc1)c1cccc(F)c1. The lowest BCUT2D eigenvalue weighted by Gasteiger charge is -2.33. The summed E-state index contributed by atoms with van der Waals surface area (Å²) in [4.78, 5) is 23.7. The third kappa shape index (κ3) is 3.30. The molecule has 124 valence electrons. The smallest absolute Gasteiger partial charge is 0.307 e. The summed E-state index contributed by atoms with van der Waals surface area (Å²) in [6.45, 7) is 0. The predicted molar refractivity (Wildman–Crippen MR) is 86.7 cm³/mol. The Hall–Kier alpha value is -2.69. The third-order valence-corrected chi connectivity index (χ3v) is 4.53. The first-order valence-corrected chi connectivity index (χ1v) is 7.90. The van der Waals surface area contributed by atoms with E-state index in [0.29, 0.717) is 18.4 Å². The van der Waals surface area contributed by atoms with E-state index in [0.717, 1.165) is 5.56 Å². The lowest BCUT2D eigenvalue weighted by atomic mass is 9.73. The topological polar surface area (TPSA) is 66.4 Å². The van der Waals surface area contributed by atoms with Crippen LogP contribution in [-0.4, -0.2) is 17.0 Å². The van der Waals surface area contributed by atoms with Crippen LogP contribution in [0.15, 0.2) is 54.6 Å². The van der Waals surface area contributed by atoms with Gasteiger partial charge in [-0.3, -0.25) is 9.59 Å². The number of carboxylic acid groups (broad SMARTS) is 1. The molecule has 0 aromatic heterocycles. The van der Waals surface area contributed by atoms with E-state index in [2.05, 4.69) is 5.32 Å². The van der Waals surface area contributed by atoms with Gasteiger partial charge in [0, 0.05) is 0 Å². The molecule has 3 rings (SSSR count). The Balaban J connectivity index is 1.86. The van der Waals surface area contributed by atoms with Crippen LogP contribution in [0.3, 0.4) is 0 Å². The summed E-state index contributed by atoms with van der Waals surface area (Å²) < 4.78 is 13.6. The molecule has 0 aliphatic heterocycles. The minimum atomic E-state index is -0.941. The summed E-state index contributed by atoms with van der Waals surface area (Å²) in [7, 11) is 0. The third-order valence-electron chi connectivity index (χ3n) is 4.53. The van der Waals surface area contributed by atoms with Crippen LogP contribution in [0, 0.1) is 17.7 Å². The molecule has 2 N–H and O–H groups in total. The molecular formula is C19H18FNO3. The molecule has 2 aromatic carbocycles. The van der Waals surface area contributed by atoms with Crippen LogP contribution in [0.5, 0.6) is 0 Å². The zero-order valence-corrected chi connectivity index (χ0v) is 13.0. The van der Waals surface area contributed by atoms with E-state index in [4.69, 9.17) is 5.11 Å². The number of amides is 1. The van der Waals surface area contributed by atoms with Gasteiger partial charge >= 0.3 is 5.97 Å². The van der Waals surface area contributed by atoms with Gasteiger partial charge in [0.15, 0.2) is 0 Å². The van der Waals surface area contributed by atoms with Crippen molar-refractivity contribution in [3.05, 3.63) is 71.5 Å². The highest BCUT2D eigenvalue weighted by Gasteiger charge is 2.42. The summed E-state index contributed by atoms with van der Waals surface area (Å²) in [6.07, 6.45) is 1.08. The molecule has 0 heterocycles. The molecule has 1 saturated carbocycles. The first kappa shape index (κ1) is 16.2. The van der Waals surface area contributed by atoms with Crippen LogP contribution >= 0.6 is 0 Å². The number of hydrogen-bond donors (Lipinski definition) is 2. The largest absolute Gasteiger partial charge is 0.481 e. The first-order chi connectivity index (χ1) is 11.6. The Labute approximate surface area is 139 Å². The van der Waals surface area contributed by atoms with Gasteiger partial charge in [-0.25, -0.2) is 4.39 Å². The van der Waals surface area contributed by atoms with Crippen molar-refractivity contribution in [1.82, 2.24) is 5.32 Å². The molecule has 2 aromatic rings. The summed E-state index contributed by atoms with van der Waals surface area (Å²) in [6, 6.07) is 14.8. The standard InChI is InChI=1S/C19H18FNO3/c20-14-8-4-7-13(11-14)17(12-5-2-1-3-6-12)21-18(22)15-9-10-16(15)19(23)24/h1-8,11,15-17H,9-10H2,(H,21,22)(H,23,24). The Morgan fingerprint density at radius 1 is 1.00 bits per heavy atom. The van der Waals surface area contributed by atoms with Crippen molar-refractivity contribution < 1.29 is 19.1 Å². The van der Waals surface area contributed by atoms with E-state index >= 15 is 0 Å². The Morgan fingerprint density at radius 3 is 2.25 bits per heavy atom. The molecule has 5 heteroatoms. The monoisotopic (exact) mass is 327 g/mol. The second kappa shape index (κ2) is 6.83. The molecule has 0 saturated heterocycles. The van der Waals surface area contributed by atoms with Crippen molar-refractivity contribution in [2.24, 2.45) is 11.8 Å².